The number of morpholine rings is 2. The SMILES string of the molecule is C[C@@H]1COCCN1c1cc(N2C3CCC2COC3)nc2c(-c3ccnn3C3CCCCO3)cnn12. The molecule has 4 fully saturated rings. The fourth-order valence-corrected chi connectivity index (χ4v) is 6.20. The zero-order chi connectivity index (χ0) is 23.4. The van der Waals surface area contributed by atoms with Crippen LogP contribution in [0.5, 0.6) is 0 Å². The van der Waals surface area contributed by atoms with Crippen LogP contribution in [0.4, 0.5) is 11.6 Å². The lowest BCUT2D eigenvalue weighted by molar-refractivity contribution is -0.0383. The molecular weight excluding hydrogens is 446 g/mol. The van der Waals surface area contributed by atoms with Gasteiger partial charge in [0.15, 0.2) is 11.9 Å². The molecule has 186 valence electrons. The predicted molar refractivity (Wildman–Crippen MR) is 131 cm³/mol. The number of hydrogen-bond donors (Lipinski definition) is 0. The second-order valence-electron chi connectivity index (χ2n) is 10.2. The van der Waals surface area contributed by atoms with Gasteiger partial charge in [0, 0.05) is 25.4 Å². The molecule has 35 heavy (non-hydrogen) atoms. The monoisotopic (exact) mass is 479 g/mol. The maximum absolute atomic E-state index is 6.07. The Hall–Kier alpha value is -2.69. The molecule has 3 unspecified atom stereocenters. The molecule has 0 N–H and O–H groups in total. The molecule has 4 aliphatic rings. The molecule has 4 atom stereocenters. The van der Waals surface area contributed by atoms with Crippen molar-refractivity contribution >= 4 is 17.3 Å². The molecule has 10 heteroatoms. The Labute approximate surface area is 204 Å². The summed E-state index contributed by atoms with van der Waals surface area (Å²) in [5.41, 5.74) is 2.85. The number of fused-ring (bicyclic) bond motifs is 3. The second-order valence-corrected chi connectivity index (χ2v) is 10.2. The first-order valence-corrected chi connectivity index (χ1v) is 13.0. The summed E-state index contributed by atoms with van der Waals surface area (Å²) in [5.74, 6) is 2.08. The van der Waals surface area contributed by atoms with E-state index in [1.54, 1.807) is 0 Å². The summed E-state index contributed by atoms with van der Waals surface area (Å²) in [4.78, 5) is 10.2. The van der Waals surface area contributed by atoms with Crippen LogP contribution in [0.1, 0.15) is 45.3 Å². The summed E-state index contributed by atoms with van der Waals surface area (Å²) in [6.07, 6.45) is 9.29. The van der Waals surface area contributed by atoms with Crippen molar-refractivity contribution in [2.75, 3.05) is 49.4 Å². The molecule has 0 aliphatic carbocycles. The van der Waals surface area contributed by atoms with Crippen molar-refractivity contribution in [1.82, 2.24) is 24.4 Å². The van der Waals surface area contributed by atoms with Crippen molar-refractivity contribution in [2.45, 2.75) is 63.4 Å². The normalized spacial score (nSPS) is 29.3. The van der Waals surface area contributed by atoms with Crippen LogP contribution >= 0.6 is 0 Å². The van der Waals surface area contributed by atoms with E-state index < -0.39 is 0 Å². The van der Waals surface area contributed by atoms with Crippen LogP contribution in [0.3, 0.4) is 0 Å². The number of anilines is 2. The summed E-state index contributed by atoms with van der Waals surface area (Å²) < 4.78 is 21.7. The number of hydrogen-bond acceptors (Lipinski definition) is 8. The van der Waals surface area contributed by atoms with Gasteiger partial charge in [0.2, 0.25) is 0 Å². The Morgan fingerprint density at radius 2 is 1.86 bits per heavy atom. The first-order valence-electron chi connectivity index (χ1n) is 13.0. The van der Waals surface area contributed by atoms with Gasteiger partial charge in [0.05, 0.1) is 62.0 Å². The third-order valence-electron chi connectivity index (χ3n) is 7.98. The first kappa shape index (κ1) is 21.6. The van der Waals surface area contributed by atoms with Crippen molar-refractivity contribution in [3.8, 4) is 11.3 Å². The standard InChI is InChI=1S/C25H33N7O3/c1-17-14-33-11-9-29(17)23-12-22(30-18-5-6-19(30)16-34-15-18)28-25-20(13-27-32(23)25)21-7-8-26-31(21)24-4-2-3-10-35-24/h7-8,12-13,17-19,24H,2-6,9-11,14-16H2,1H3/t17-,18?,19?,24?/m1/s1. The van der Waals surface area contributed by atoms with Crippen molar-refractivity contribution in [3.05, 3.63) is 24.5 Å². The third kappa shape index (κ3) is 3.61. The molecule has 0 aromatic carbocycles. The molecule has 3 aromatic heterocycles. The highest BCUT2D eigenvalue weighted by molar-refractivity contribution is 5.78. The fraction of sp³-hybridized carbons (Fsp3) is 0.640. The zero-order valence-electron chi connectivity index (χ0n) is 20.3. The summed E-state index contributed by atoms with van der Waals surface area (Å²) in [6, 6.07) is 5.30. The van der Waals surface area contributed by atoms with Gasteiger partial charge in [-0.3, -0.25) is 0 Å². The van der Waals surface area contributed by atoms with Crippen molar-refractivity contribution < 1.29 is 14.2 Å². The summed E-state index contributed by atoms with van der Waals surface area (Å²) in [7, 11) is 0. The van der Waals surface area contributed by atoms with Gasteiger partial charge in [-0.2, -0.15) is 14.7 Å². The lowest BCUT2D eigenvalue weighted by Crippen LogP contribution is -2.47. The molecule has 2 bridgehead atoms. The maximum Gasteiger partial charge on any atom is 0.169 e. The van der Waals surface area contributed by atoms with E-state index in [4.69, 9.17) is 24.3 Å². The predicted octanol–water partition coefficient (Wildman–Crippen LogP) is 2.88. The first-order chi connectivity index (χ1) is 17.3. The van der Waals surface area contributed by atoms with Gasteiger partial charge in [0.1, 0.15) is 11.6 Å². The number of nitrogens with zero attached hydrogens (tertiary/aromatic N) is 7. The van der Waals surface area contributed by atoms with Gasteiger partial charge in [-0.1, -0.05) is 0 Å². The highest BCUT2D eigenvalue weighted by Gasteiger charge is 2.39. The van der Waals surface area contributed by atoms with E-state index in [0.29, 0.717) is 25.3 Å². The van der Waals surface area contributed by atoms with Gasteiger partial charge >= 0.3 is 0 Å². The Kier molecular flexibility index (Phi) is 5.40. The second kappa shape index (κ2) is 8.76. The van der Waals surface area contributed by atoms with E-state index in [1.807, 2.05) is 21.6 Å². The van der Waals surface area contributed by atoms with Crippen LogP contribution in [0.25, 0.3) is 16.9 Å². The van der Waals surface area contributed by atoms with Gasteiger partial charge in [-0.25, -0.2) is 9.67 Å². The van der Waals surface area contributed by atoms with Gasteiger partial charge in [-0.15, -0.1) is 0 Å². The molecule has 0 amide bonds. The van der Waals surface area contributed by atoms with Crippen molar-refractivity contribution in [1.29, 1.82) is 0 Å². The minimum Gasteiger partial charge on any atom is -0.377 e. The zero-order valence-corrected chi connectivity index (χ0v) is 20.3. The highest BCUT2D eigenvalue weighted by Crippen LogP contribution is 2.38. The van der Waals surface area contributed by atoms with Crippen molar-refractivity contribution in [3.63, 3.8) is 0 Å². The molecule has 7 heterocycles. The summed E-state index contributed by atoms with van der Waals surface area (Å²) in [5, 5.41) is 9.50. The molecule has 3 aromatic rings. The van der Waals surface area contributed by atoms with Crippen LogP contribution in [0.2, 0.25) is 0 Å². The maximum atomic E-state index is 6.07. The molecule has 10 nitrogen and oxygen atoms in total. The smallest absolute Gasteiger partial charge is 0.169 e. The van der Waals surface area contributed by atoms with Gasteiger partial charge < -0.3 is 24.0 Å². The van der Waals surface area contributed by atoms with E-state index >= 15 is 0 Å². The van der Waals surface area contributed by atoms with Gasteiger partial charge in [-0.05, 0) is 45.1 Å². The minimum atomic E-state index is -0.0410. The molecule has 0 radical (unpaired) electrons. The number of aromatic nitrogens is 5. The Bertz CT molecular complexity index is 1190. The van der Waals surface area contributed by atoms with E-state index in [-0.39, 0.29) is 12.3 Å². The van der Waals surface area contributed by atoms with Crippen LogP contribution in [-0.2, 0) is 14.2 Å². The number of rotatable bonds is 4. The largest absolute Gasteiger partial charge is 0.377 e. The third-order valence-corrected chi connectivity index (χ3v) is 7.98. The molecular formula is C25H33N7O3. The highest BCUT2D eigenvalue weighted by atomic mass is 16.5. The van der Waals surface area contributed by atoms with Gasteiger partial charge in [0.25, 0.3) is 0 Å². The van der Waals surface area contributed by atoms with E-state index in [1.165, 1.54) is 0 Å². The van der Waals surface area contributed by atoms with E-state index in [0.717, 1.165) is 87.0 Å². The number of ether oxygens (including phenoxy) is 3. The topological polar surface area (TPSA) is 82.2 Å². The Morgan fingerprint density at radius 1 is 0.971 bits per heavy atom. The summed E-state index contributed by atoms with van der Waals surface area (Å²) >= 11 is 0. The summed E-state index contributed by atoms with van der Waals surface area (Å²) in [6.45, 7) is 6.78. The van der Waals surface area contributed by atoms with Crippen LogP contribution in [-0.4, -0.2) is 82.1 Å². The molecule has 7 rings (SSSR count). The average molecular weight is 480 g/mol. The van der Waals surface area contributed by atoms with Crippen LogP contribution in [0.15, 0.2) is 24.5 Å². The van der Waals surface area contributed by atoms with E-state index in [2.05, 4.69) is 34.0 Å². The molecule has 0 saturated carbocycles. The molecule has 4 saturated heterocycles. The lowest BCUT2D eigenvalue weighted by atomic mass is 10.1. The van der Waals surface area contributed by atoms with Crippen molar-refractivity contribution in [2.24, 2.45) is 0 Å². The molecule has 0 spiro atoms. The lowest BCUT2D eigenvalue weighted by Gasteiger charge is -2.38. The quantitative estimate of drug-likeness (QED) is 0.565. The Balaban J connectivity index is 1.38. The van der Waals surface area contributed by atoms with Crippen LogP contribution < -0.4 is 9.80 Å². The average Bonchev–Trinajstić information content (AvgIpc) is 3.60. The minimum absolute atomic E-state index is 0.0410. The van der Waals surface area contributed by atoms with Crippen LogP contribution in [0, 0.1) is 0 Å². The van der Waals surface area contributed by atoms with E-state index in [9.17, 15) is 0 Å². The Morgan fingerprint density at radius 3 is 2.66 bits per heavy atom. The molecule has 4 aliphatic heterocycles. The fourth-order valence-electron chi connectivity index (χ4n) is 6.20.